The van der Waals surface area contributed by atoms with Crippen molar-refractivity contribution in [1.29, 1.82) is 0 Å². The lowest BCUT2D eigenvalue weighted by atomic mass is 10.2. The molecule has 6 nitrogen and oxygen atoms in total. The number of hydrogen-bond acceptors (Lipinski definition) is 4. The maximum absolute atomic E-state index is 13.2. The first-order valence-electron chi connectivity index (χ1n) is 8.92. The summed E-state index contributed by atoms with van der Waals surface area (Å²) in [5.74, 6) is -0.00100. The second-order valence-corrected chi connectivity index (χ2v) is 7.30. The number of nitrogens with two attached hydrogens (primary N) is 1. The van der Waals surface area contributed by atoms with Crippen molar-refractivity contribution in [1.82, 2.24) is 9.78 Å². The lowest BCUT2D eigenvalue weighted by Gasteiger charge is -2.08. The minimum atomic E-state index is -0.537. The van der Waals surface area contributed by atoms with Crippen LogP contribution in [-0.2, 0) is 0 Å². The minimum absolute atomic E-state index is 0.223. The number of hydrogen-bond donors (Lipinski definition) is 3. The zero-order chi connectivity index (χ0) is 20.2. The first-order valence-corrected chi connectivity index (χ1v) is 9.74. The fourth-order valence-corrected chi connectivity index (χ4v) is 3.92. The Morgan fingerprint density at radius 1 is 0.897 bits per heavy atom. The first kappa shape index (κ1) is 18.6. The predicted octanol–water partition coefficient (Wildman–Crippen LogP) is 4.16. The highest BCUT2D eigenvalue weighted by atomic mass is 32.2. The number of primary amides is 1. The smallest absolute Gasteiger partial charge is 0.287 e. The van der Waals surface area contributed by atoms with Gasteiger partial charge >= 0.3 is 0 Å². The molecule has 0 unspecified atom stereocenters. The summed E-state index contributed by atoms with van der Waals surface area (Å²) in [6.45, 7) is 0. The average Bonchev–Trinajstić information content (AvgIpc) is 3.05. The van der Waals surface area contributed by atoms with E-state index in [1.165, 1.54) is 16.4 Å². The number of benzene rings is 3. The molecular weight excluding hydrogens is 384 g/mol. The molecule has 4 rings (SSSR count). The third kappa shape index (κ3) is 3.95. The normalized spacial score (nSPS) is 10.6. The number of H-pyrrole nitrogens is 1. The second kappa shape index (κ2) is 8.12. The van der Waals surface area contributed by atoms with Crippen molar-refractivity contribution >= 4 is 29.2 Å². The SMILES string of the molecule is NC(=O)c1ccccc1Sc1c(Nc2ccccc2)[nH]n(-c2ccccc2)c1=O. The highest BCUT2D eigenvalue weighted by molar-refractivity contribution is 7.99. The summed E-state index contributed by atoms with van der Waals surface area (Å²) in [5.41, 5.74) is 7.20. The van der Waals surface area contributed by atoms with Gasteiger partial charge in [0.25, 0.3) is 5.56 Å². The highest BCUT2D eigenvalue weighted by Gasteiger charge is 2.19. The molecule has 0 saturated carbocycles. The summed E-state index contributed by atoms with van der Waals surface area (Å²) in [5, 5.41) is 6.40. The molecule has 0 bridgehead atoms. The van der Waals surface area contributed by atoms with E-state index in [2.05, 4.69) is 10.4 Å². The maximum atomic E-state index is 13.2. The molecule has 1 heterocycles. The van der Waals surface area contributed by atoms with Crippen molar-refractivity contribution < 1.29 is 4.79 Å². The zero-order valence-corrected chi connectivity index (χ0v) is 16.1. The van der Waals surface area contributed by atoms with Gasteiger partial charge in [-0.2, -0.15) is 0 Å². The molecule has 0 atom stereocenters. The van der Waals surface area contributed by atoms with Gasteiger partial charge in [-0.05, 0) is 36.4 Å². The Balaban J connectivity index is 1.82. The summed E-state index contributed by atoms with van der Waals surface area (Å²) in [6, 6.07) is 25.8. The van der Waals surface area contributed by atoms with Gasteiger partial charge < -0.3 is 11.1 Å². The molecule has 1 aromatic heterocycles. The number of aromatic nitrogens is 2. The largest absolute Gasteiger partial charge is 0.366 e. The fraction of sp³-hybridized carbons (Fsp3) is 0. The Kier molecular flexibility index (Phi) is 5.22. The molecule has 0 aliphatic heterocycles. The number of nitrogens with zero attached hydrogens (tertiary/aromatic N) is 1. The summed E-state index contributed by atoms with van der Waals surface area (Å²) in [6.07, 6.45) is 0. The molecule has 0 fully saturated rings. The first-order chi connectivity index (χ1) is 14.1. The summed E-state index contributed by atoms with van der Waals surface area (Å²) in [7, 11) is 0. The van der Waals surface area contributed by atoms with E-state index < -0.39 is 5.91 Å². The van der Waals surface area contributed by atoms with Crippen LogP contribution >= 0.6 is 11.8 Å². The molecule has 4 aromatic rings. The lowest BCUT2D eigenvalue weighted by Crippen LogP contribution is -2.16. The second-order valence-electron chi connectivity index (χ2n) is 6.25. The van der Waals surface area contributed by atoms with Crippen molar-refractivity contribution in [3.63, 3.8) is 0 Å². The van der Waals surface area contributed by atoms with Crippen LogP contribution in [0, 0.1) is 0 Å². The van der Waals surface area contributed by atoms with E-state index in [-0.39, 0.29) is 5.56 Å². The van der Waals surface area contributed by atoms with Crippen LogP contribution < -0.4 is 16.6 Å². The molecule has 0 radical (unpaired) electrons. The van der Waals surface area contributed by atoms with E-state index in [9.17, 15) is 9.59 Å². The monoisotopic (exact) mass is 402 g/mol. The third-order valence-electron chi connectivity index (χ3n) is 4.27. The number of anilines is 2. The number of aromatic amines is 1. The highest BCUT2D eigenvalue weighted by Crippen LogP contribution is 2.34. The molecule has 1 amide bonds. The topological polar surface area (TPSA) is 92.9 Å². The average molecular weight is 402 g/mol. The Labute approximate surface area is 171 Å². The van der Waals surface area contributed by atoms with Crippen molar-refractivity contribution in [3.05, 3.63) is 101 Å². The van der Waals surface area contributed by atoms with E-state index in [4.69, 9.17) is 5.73 Å². The van der Waals surface area contributed by atoms with Crippen LogP contribution in [-0.4, -0.2) is 15.7 Å². The van der Waals surface area contributed by atoms with Crippen LogP contribution in [0.2, 0.25) is 0 Å². The number of nitrogens with one attached hydrogen (secondary N) is 2. The molecular formula is C22H18N4O2S. The Hall–Kier alpha value is -3.71. The summed E-state index contributed by atoms with van der Waals surface area (Å²) in [4.78, 5) is 26.1. The lowest BCUT2D eigenvalue weighted by molar-refractivity contribution is 0.0997. The van der Waals surface area contributed by atoms with Gasteiger partial charge in [-0.25, -0.2) is 4.68 Å². The van der Waals surface area contributed by atoms with Crippen LogP contribution in [0.3, 0.4) is 0 Å². The Morgan fingerprint density at radius 3 is 2.21 bits per heavy atom. The Bertz CT molecular complexity index is 1200. The number of rotatable bonds is 6. The van der Waals surface area contributed by atoms with Crippen molar-refractivity contribution in [2.75, 3.05) is 5.32 Å². The van der Waals surface area contributed by atoms with Gasteiger partial charge in [0.15, 0.2) is 0 Å². The van der Waals surface area contributed by atoms with E-state index in [1.807, 2.05) is 60.7 Å². The van der Waals surface area contributed by atoms with Crippen LogP contribution in [0.5, 0.6) is 0 Å². The van der Waals surface area contributed by atoms with E-state index in [1.54, 1.807) is 24.3 Å². The quantitative estimate of drug-likeness (QED) is 0.451. The molecule has 29 heavy (non-hydrogen) atoms. The molecule has 144 valence electrons. The van der Waals surface area contributed by atoms with Gasteiger partial charge in [-0.1, -0.05) is 60.3 Å². The van der Waals surface area contributed by atoms with Crippen molar-refractivity contribution in [2.24, 2.45) is 5.73 Å². The van der Waals surface area contributed by atoms with Gasteiger partial charge in [-0.15, -0.1) is 0 Å². The molecule has 0 saturated heterocycles. The minimum Gasteiger partial charge on any atom is -0.366 e. The third-order valence-corrected chi connectivity index (χ3v) is 5.43. The van der Waals surface area contributed by atoms with E-state index in [0.717, 1.165) is 5.69 Å². The molecule has 0 aliphatic rings. The standard InChI is InChI=1S/C22H18N4O2S/c23-20(27)17-13-7-8-14-18(17)29-19-21(24-15-9-3-1-4-10-15)25-26(22(19)28)16-11-5-2-6-12-16/h1-14,24-25H,(H2,23,27). The van der Waals surface area contributed by atoms with Crippen molar-refractivity contribution in [3.8, 4) is 5.69 Å². The van der Waals surface area contributed by atoms with Crippen LogP contribution in [0.4, 0.5) is 11.5 Å². The Morgan fingerprint density at radius 2 is 1.52 bits per heavy atom. The van der Waals surface area contributed by atoms with Gasteiger partial charge in [-0.3, -0.25) is 14.7 Å². The number of para-hydroxylation sites is 2. The fourth-order valence-electron chi connectivity index (χ4n) is 2.90. The number of carbonyl (C=O) groups excluding carboxylic acids is 1. The van der Waals surface area contributed by atoms with E-state index in [0.29, 0.717) is 26.9 Å². The van der Waals surface area contributed by atoms with Crippen LogP contribution in [0.25, 0.3) is 5.69 Å². The van der Waals surface area contributed by atoms with E-state index >= 15 is 0 Å². The summed E-state index contributed by atoms with van der Waals surface area (Å²) < 4.78 is 1.47. The van der Waals surface area contributed by atoms with Gasteiger partial charge in [0, 0.05) is 10.6 Å². The number of amides is 1. The molecule has 0 spiro atoms. The summed E-state index contributed by atoms with van der Waals surface area (Å²) >= 11 is 1.20. The van der Waals surface area contributed by atoms with Crippen molar-refractivity contribution in [2.45, 2.75) is 9.79 Å². The molecule has 7 heteroatoms. The van der Waals surface area contributed by atoms with Gasteiger partial charge in [0.05, 0.1) is 11.3 Å². The molecule has 3 aromatic carbocycles. The predicted molar refractivity (Wildman–Crippen MR) is 115 cm³/mol. The van der Waals surface area contributed by atoms with Crippen LogP contribution in [0.15, 0.2) is 99.5 Å². The van der Waals surface area contributed by atoms with Crippen LogP contribution in [0.1, 0.15) is 10.4 Å². The number of carbonyl (C=O) groups is 1. The van der Waals surface area contributed by atoms with Gasteiger partial charge in [0.2, 0.25) is 5.91 Å². The molecule has 4 N–H and O–H groups in total. The zero-order valence-electron chi connectivity index (χ0n) is 15.3. The maximum Gasteiger partial charge on any atom is 0.287 e. The van der Waals surface area contributed by atoms with Gasteiger partial charge in [0.1, 0.15) is 10.7 Å². The molecule has 0 aliphatic carbocycles.